The highest BCUT2D eigenvalue weighted by atomic mass is 32.2. The molecule has 5 nitrogen and oxygen atoms in total. The van der Waals surface area contributed by atoms with Crippen LogP contribution in [0.3, 0.4) is 0 Å². The highest BCUT2D eigenvalue weighted by Gasteiger charge is 2.17. The van der Waals surface area contributed by atoms with Crippen molar-refractivity contribution in [1.29, 1.82) is 0 Å². The van der Waals surface area contributed by atoms with Crippen LogP contribution in [0.25, 0.3) is 10.8 Å². The van der Waals surface area contributed by atoms with Crippen molar-refractivity contribution in [1.82, 2.24) is 4.83 Å². The van der Waals surface area contributed by atoms with E-state index in [1.54, 1.807) is 12.1 Å². The fourth-order valence-electron chi connectivity index (χ4n) is 2.66. The Labute approximate surface area is 151 Å². The first kappa shape index (κ1) is 17.9. The molecule has 0 aliphatic carbocycles. The highest BCUT2D eigenvalue weighted by Crippen LogP contribution is 2.30. The van der Waals surface area contributed by atoms with Gasteiger partial charge >= 0.3 is 0 Å². The molecule has 0 unspecified atom stereocenters. The third-order valence-corrected chi connectivity index (χ3v) is 5.17. The largest absolute Gasteiger partial charge is 0.377 e. The number of hydrogen-bond donors (Lipinski definition) is 1. The molecule has 0 atom stereocenters. The van der Waals surface area contributed by atoms with Gasteiger partial charge in [0.25, 0.3) is 10.0 Å². The monoisotopic (exact) mass is 371 g/mol. The Morgan fingerprint density at radius 3 is 2.31 bits per heavy atom. The number of sulfonamides is 1. The van der Waals surface area contributed by atoms with E-state index in [1.807, 2.05) is 37.2 Å². The third kappa shape index (κ3) is 3.67. The summed E-state index contributed by atoms with van der Waals surface area (Å²) in [7, 11) is -0.0403. The predicted octanol–water partition coefficient (Wildman–Crippen LogP) is 3.36. The van der Waals surface area contributed by atoms with Crippen molar-refractivity contribution >= 4 is 32.7 Å². The molecule has 0 radical (unpaired) electrons. The first-order valence-electron chi connectivity index (χ1n) is 7.88. The van der Waals surface area contributed by atoms with Gasteiger partial charge in [-0.2, -0.15) is 13.5 Å². The zero-order chi connectivity index (χ0) is 18.7. The minimum absolute atomic E-state index is 0.148. The Hall–Kier alpha value is -2.93. The minimum Gasteiger partial charge on any atom is -0.377 e. The molecule has 0 aliphatic heterocycles. The van der Waals surface area contributed by atoms with Gasteiger partial charge in [-0.15, -0.1) is 0 Å². The molecule has 0 saturated carbocycles. The molecular formula is C19H18FN3O2S. The molecule has 0 bridgehead atoms. The molecule has 0 aliphatic rings. The molecule has 3 rings (SSSR count). The zero-order valence-electron chi connectivity index (χ0n) is 14.3. The second kappa shape index (κ2) is 7.13. The zero-order valence-corrected chi connectivity index (χ0v) is 15.2. The molecule has 0 amide bonds. The van der Waals surface area contributed by atoms with E-state index < -0.39 is 10.0 Å². The van der Waals surface area contributed by atoms with Crippen molar-refractivity contribution < 1.29 is 12.8 Å². The van der Waals surface area contributed by atoms with E-state index in [1.165, 1.54) is 36.5 Å². The van der Waals surface area contributed by atoms with Crippen LogP contribution in [0.4, 0.5) is 10.1 Å². The number of nitrogens with zero attached hydrogens (tertiary/aromatic N) is 2. The lowest BCUT2D eigenvalue weighted by Gasteiger charge is -2.16. The van der Waals surface area contributed by atoms with Crippen LogP contribution in [-0.2, 0) is 10.0 Å². The first-order chi connectivity index (χ1) is 12.4. The molecule has 3 aromatic rings. The molecule has 0 fully saturated rings. The van der Waals surface area contributed by atoms with E-state index in [-0.39, 0.29) is 10.7 Å². The highest BCUT2D eigenvalue weighted by molar-refractivity contribution is 7.89. The second-order valence-corrected chi connectivity index (χ2v) is 7.56. The van der Waals surface area contributed by atoms with Gasteiger partial charge in [0, 0.05) is 30.6 Å². The lowest BCUT2D eigenvalue weighted by Crippen LogP contribution is -2.19. The summed E-state index contributed by atoms with van der Waals surface area (Å²) in [4.78, 5) is 4.29. The van der Waals surface area contributed by atoms with Crippen LogP contribution in [0, 0.1) is 5.82 Å². The van der Waals surface area contributed by atoms with E-state index in [0.717, 1.165) is 11.1 Å². The van der Waals surface area contributed by atoms with Crippen LogP contribution < -0.4 is 9.73 Å². The summed E-state index contributed by atoms with van der Waals surface area (Å²) in [5.74, 6) is -0.366. The Kier molecular flexibility index (Phi) is 4.90. The third-order valence-electron chi connectivity index (χ3n) is 3.89. The summed E-state index contributed by atoms with van der Waals surface area (Å²) in [5.41, 5.74) is 1.51. The Bertz CT molecular complexity index is 1060. The Morgan fingerprint density at radius 1 is 0.962 bits per heavy atom. The topological polar surface area (TPSA) is 61.8 Å². The number of hydrazone groups is 1. The maximum absolute atomic E-state index is 12.9. The minimum atomic E-state index is -3.85. The number of anilines is 1. The predicted molar refractivity (Wildman–Crippen MR) is 103 cm³/mol. The molecule has 0 heterocycles. The standard InChI is InChI=1S/C19H18FN3O2S/c1-23(2)18-7-3-6-17-16(18)5-4-8-19(17)26(24,25)22-21-13-14-9-11-15(20)12-10-14/h3-13,22H,1-2H3/b21-13-. The Balaban J connectivity index is 1.94. The molecule has 7 heteroatoms. The smallest absolute Gasteiger partial charge is 0.277 e. The van der Waals surface area contributed by atoms with Crippen LogP contribution in [0.2, 0.25) is 0 Å². The maximum atomic E-state index is 12.9. The number of benzene rings is 3. The van der Waals surface area contributed by atoms with E-state index in [9.17, 15) is 12.8 Å². The SMILES string of the molecule is CN(C)c1cccc2c(S(=O)(=O)N/N=C\c3ccc(F)cc3)cccc12. The van der Waals surface area contributed by atoms with Gasteiger partial charge in [-0.3, -0.25) is 0 Å². The van der Waals surface area contributed by atoms with E-state index >= 15 is 0 Å². The van der Waals surface area contributed by atoms with Crippen molar-refractivity contribution in [2.24, 2.45) is 5.10 Å². The molecule has 26 heavy (non-hydrogen) atoms. The molecule has 0 aromatic heterocycles. The van der Waals surface area contributed by atoms with Crippen LogP contribution in [0.5, 0.6) is 0 Å². The summed E-state index contributed by atoms with van der Waals surface area (Å²) >= 11 is 0. The van der Waals surface area contributed by atoms with E-state index in [2.05, 4.69) is 9.93 Å². The van der Waals surface area contributed by atoms with Gasteiger partial charge in [0.05, 0.1) is 11.1 Å². The van der Waals surface area contributed by atoms with Gasteiger partial charge in [0.15, 0.2) is 0 Å². The number of fused-ring (bicyclic) bond motifs is 1. The summed E-state index contributed by atoms with van der Waals surface area (Å²) < 4.78 is 38.2. The quantitative estimate of drug-likeness (QED) is 0.553. The number of halogens is 1. The summed E-state index contributed by atoms with van der Waals surface area (Å²) in [5, 5.41) is 5.24. The molecule has 3 aromatic carbocycles. The summed E-state index contributed by atoms with van der Waals surface area (Å²) in [6, 6.07) is 16.2. The Morgan fingerprint density at radius 2 is 1.62 bits per heavy atom. The van der Waals surface area contributed by atoms with E-state index in [0.29, 0.717) is 10.9 Å². The number of nitrogens with one attached hydrogen (secondary N) is 1. The molecular weight excluding hydrogens is 353 g/mol. The van der Waals surface area contributed by atoms with Crippen LogP contribution in [0.1, 0.15) is 5.56 Å². The second-order valence-electron chi connectivity index (χ2n) is 5.93. The van der Waals surface area contributed by atoms with Crippen LogP contribution in [0.15, 0.2) is 70.7 Å². The molecule has 1 N–H and O–H groups in total. The van der Waals surface area contributed by atoms with Crippen molar-refractivity contribution in [3.05, 3.63) is 72.0 Å². The van der Waals surface area contributed by atoms with Crippen molar-refractivity contribution in [2.75, 3.05) is 19.0 Å². The van der Waals surface area contributed by atoms with Gasteiger partial charge in [-0.1, -0.05) is 36.4 Å². The van der Waals surface area contributed by atoms with Crippen molar-refractivity contribution in [2.45, 2.75) is 4.90 Å². The van der Waals surface area contributed by atoms with Gasteiger partial charge in [-0.05, 0) is 29.8 Å². The maximum Gasteiger partial charge on any atom is 0.277 e. The van der Waals surface area contributed by atoms with Gasteiger partial charge in [-0.25, -0.2) is 9.22 Å². The average Bonchev–Trinajstić information content (AvgIpc) is 2.62. The van der Waals surface area contributed by atoms with Crippen LogP contribution in [-0.4, -0.2) is 28.7 Å². The van der Waals surface area contributed by atoms with Crippen LogP contribution >= 0.6 is 0 Å². The fourth-order valence-corrected chi connectivity index (χ4v) is 3.67. The molecule has 0 spiro atoms. The fraction of sp³-hybridized carbons (Fsp3) is 0.105. The van der Waals surface area contributed by atoms with Crippen molar-refractivity contribution in [3.8, 4) is 0 Å². The van der Waals surface area contributed by atoms with Gasteiger partial charge < -0.3 is 4.90 Å². The summed E-state index contributed by atoms with van der Waals surface area (Å²) in [6.45, 7) is 0. The first-order valence-corrected chi connectivity index (χ1v) is 9.36. The average molecular weight is 371 g/mol. The molecule has 0 saturated heterocycles. The lowest BCUT2D eigenvalue weighted by atomic mass is 10.1. The van der Waals surface area contributed by atoms with E-state index in [4.69, 9.17) is 0 Å². The van der Waals surface area contributed by atoms with Gasteiger partial charge in [0.1, 0.15) is 5.82 Å². The lowest BCUT2D eigenvalue weighted by molar-refractivity contribution is 0.585. The molecule has 134 valence electrons. The van der Waals surface area contributed by atoms with Crippen molar-refractivity contribution in [3.63, 3.8) is 0 Å². The number of rotatable bonds is 5. The summed E-state index contributed by atoms with van der Waals surface area (Å²) in [6.07, 6.45) is 1.33. The number of hydrogen-bond acceptors (Lipinski definition) is 4. The van der Waals surface area contributed by atoms with Gasteiger partial charge in [0.2, 0.25) is 0 Å². The normalized spacial score (nSPS) is 11.8.